The van der Waals surface area contributed by atoms with E-state index >= 15 is 0 Å². The van der Waals surface area contributed by atoms with Gasteiger partial charge in [-0.05, 0) is 13.8 Å². The third-order valence-corrected chi connectivity index (χ3v) is 4.56. The molecular weight excluding hydrogens is 244 g/mol. The van der Waals surface area contributed by atoms with Crippen molar-refractivity contribution in [1.82, 2.24) is 9.38 Å². The summed E-state index contributed by atoms with van der Waals surface area (Å²) >= 11 is 1.38. The molecule has 0 atom stereocenters. The maximum Gasteiger partial charge on any atom is 0.281 e. The minimum absolute atomic E-state index is 0.0552. The zero-order chi connectivity index (χ0) is 10.5. The summed E-state index contributed by atoms with van der Waals surface area (Å²) in [5, 5.41) is -0.0552. The molecule has 14 heavy (non-hydrogen) atoms. The minimum atomic E-state index is -3.74. The summed E-state index contributed by atoms with van der Waals surface area (Å²) in [6, 6.07) is 0. The topological polar surface area (TPSA) is 51.4 Å². The van der Waals surface area contributed by atoms with Crippen LogP contribution in [0, 0.1) is 13.8 Å². The van der Waals surface area contributed by atoms with Gasteiger partial charge in [-0.1, -0.05) is 0 Å². The molecule has 76 valence electrons. The Morgan fingerprint density at radius 3 is 2.71 bits per heavy atom. The third kappa shape index (κ3) is 1.34. The lowest BCUT2D eigenvalue weighted by Gasteiger charge is -1.87. The van der Waals surface area contributed by atoms with E-state index in [1.165, 1.54) is 17.7 Å². The third-order valence-electron chi connectivity index (χ3n) is 2.04. The lowest BCUT2D eigenvalue weighted by molar-refractivity contribution is 0.608. The molecular formula is C7H7ClN2O2S2. The molecule has 2 heterocycles. The van der Waals surface area contributed by atoms with Gasteiger partial charge < -0.3 is 0 Å². The van der Waals surface area contributed by atoms with Gasteiger partial charge in [0.15, 0.2) is 0 Å². The van der Waals surface area contributed by atoms with Gasteiger partial charge in [0, 0.05) is 21.3 Å². The predicted molar refractivity (Wildman–Crippen MR) is 55.6 cm³/mol. The summed E-state index contributed by atoms with van der Waals surface area (Å²) in [6.45, 7) is 3.84. The first-order valence-corrected chi connectivity index (χ1v) is 6.91. The first kappa shape index (κ1) is 9.95. The lowest BCUT2D eigenvalue weighted by atomic mass is 10.4. The Hall–Kier alpha value is -0.590. The van der Waals surface area contributed by atoms with Crippen molar-refractivity contribution in [2.24, 2.45) is 0 Å². The van der Waals surface area contributed by atoms with Crippen LogP contribution in [0.5, 0.6) is 0 Å². The van der Waals surface area contributed by atoms with Crippen LogP contribution in [-0.2, 0) is 9.05 Å². The molecule has 2 aromatic rings. The van der Waals surface area contributed by atoms with Gasteiger partial charge in [-0.15, -0.1) is 11.3 Å². The highest BCUT2D eigenvalue weighted by molar-refractivity contribution is 8.13. The molecule has 0 bridgehead atoms. The normalized spacial score (nSPS) is 12.5. The number of rotatable bonds is 1. The van der Waals surface area contributed by atoms with Gasteiger partial charge in [0.1, 0.15) is 11.2 Å². The Balaban J connectivity index is 2.89. The number of fused-ring (bicyclic) bond motifs is 1. The number of imidazole rings is 1. The average molecular weight is 251 g/mol. The van der Waals surface area contributed by atoms with Crippen molar-refractivity contribution in [2.75, 3.05) is 0 Å². The molecule has 0 saturated carbocycles. The van der Waals surface area contributed by atoms with E-state index in [0.29, 0.717) is 4.83 Å². The molecule has 0 spiro atoms. The highest BCUT2D eigenvalue weighted by Gasteiger charge is 2.20. The summed E-state index contributed by atoms with van der Waals surface area (Å²) in [5.74, 6) is 0. The van der Waals surface area contributed by atoms with Crippen molar-refractivity contribution in [3.63, 3.8) is 0 Å². The second-order valence-corrected chi connectivity index (χ2v) is 6.59. The zero-order valence-electron chi connectivity index (χ0n) is 7.48. The predicted octanol–water partition coefficient (Wildman–Crippen LogP) is 1.94. The van der Waals surface area contributed by atoms with Crippen LogP contribution in [0.4, 0.5) is 0 Å². The minimum Gasteiger partial charge on any atom is -0.293 e. The van der Waals surface area contributed by atoms with Crippen LogP contribution < -0.4 is 0 Å². The smallest absolute Gasteiger partial charge is 0.281 e. The molecule has 2 aromatic heterocycles. The maximum atomic E-state index is 11.1. The Bertz CT molecular complexity index is 597. The fourth-order valence-corrected chi connectivity index (χ4v) is 3.58. The average Bonchev–Trinajstić information content (AvgIpc) is 2.54. The van der Waals surface area contributed by atoms with Crippen LogP contribution in [0.2, 0.25) is 0 Å². The molecule has 7 heteroatoms. The Kier molecular flexibility index (Phi) is 2.09. The van der Waals surface area contributed by atoms with Crippen LogP contribution in [0.3, 0.4) is 0 Å². The summed E-state index contributed by atoms with van der Waals surface area (Å²) in [5.41, 5.74) is 0.990. The number of aromatic nitrogens is 2. The van der Waals surface area contributed by atoms with E-state index < -0.39 is 9.05 Å². The SMILES string of the molecule is Cc1sc2c(S(=O)(=O)Cl)ncn2c1C. The summed E-state index contributed by atoms with van der Waals surface area (Å²) < 4.78 is 24.0. The molecule has 0 saturated heterocycles. The quantitative estimate of drug-likeness (QED) is 0.727. The molecule has 0 aromatic carbocycles. The number of nitrogens with zero attached hydrogens (tertiary/aromatic N) is 2. The molecule has 0 fully saturated rings. The fourth-order valence-electron chi connectivity index (χ4n) is 1.21. The summed E-state index contributed by atoms with van der Waals surface area (Å²) in [7, 11) is 1.50. The fraction of sp³-hybridized carbons (Fsp3) is 0.286. The summed E-state index contributed by atoms with van der Waals surface area (Å²) in [4.78, 5) is 5.42. The van der Waals surface area contributed by atoms with Crippen molar-refractivity contribution < 1.29 is 8.42 Å². The Labute approximate surface area is 89.6 Å². The van der Waals surface area contributed by atoms with Gasteiger partial charge in [-0.25, -0.2) is 13.4 Å². The lowest BCUT2D eigenvalue weighted by Crippen LogP contribution is -1.89. The van der Waals surface area contributed by atoms with Crippen molar-refractivity contribution >= 4 is 35.9 Å². The monoisotopic (exact) mass is 250 g/mol. The molecule has 0 radical (unpaired) electrons. The standard InChI is InChI=1S/C7H7ClN2O2S2/c1-4-5(2)13-7-6(14(8,11)12)9-3-10(4)7/h3H,1-2H3. The van der Waals surface area contributed by atoms with E-state index in [4.69, 9.17) is 10.7 Å². The van der Waals surface area contributed by atoms with Crippen molar-refractivity contribution in [1.29, 1.82) is 0 Å². The number of thiazole rings is 1. The van der Waals surface area contributed by atoms with E-state index in [2.05, 4.69) is 4.98 Å². The molecule has 0 aliphatic heterocycles. The molecule has 0 N–H and O–H groups in total. The van der Waals surface area contributed by atoms with Crippen LogP contribution in [0.25, 0.3) is 4.83 Å². The number of aryl methyl sites for hydroxylation is 2. The number of hydrogen-bond donors (Lipinski definition) is 0. The van der Waals surface area contributed by atoms with Crippen LogP contribution in [-0.4, -0.2) is 17.8 Å². The van der Waals surface area contributed by atoms with Crippen molar-refractivity contribution in [3.05, 3.63) is 16.9 Å². The van der Waals surface area contributed by atoms with Crippen molar-refractivity contribution in [3.8, 4) is 0 Å². The number of halogens is 1. The van der Waals surface area contributed by atoms with Gasteiger partial charge >= 0.3 is 0 Å². The van der Waals surface area contributed by atoms with E-state index in [1.807, 2.05) is 13.8 Å². The molecule has 0 aliphatic rings. The maximum absolute atomic E-state index is 11.1. The van der Waals surface area contributed by atoms with Gasteiger partial charge in [-0.3, -0.25) is 4.40 Å². The van der Waals surface area contributed by atoms with Gasteiger partial charge in [0.05, 0.1) is 0 Å². The van der Waals surface area contributed by atoms with E-state index in [0.717, 1.165) is 10.6 Å². The molecule has 0 unspecified atom stereocenters. The largest absolute Gasteiger partial charge is 0.293 e. The highest BCUT2D eigenvalue weighted by atomic mass is 35.7. The molecule has 0 aliphatic carbocycles. The van der Waals surface area contributed by atoms with Crippen LogP contribution in [0.15, 0.2) is 11.4 Å². The zero-order valence-corrected chi connectivity index (χ0v) is 9.87. The second-order valence-electron chi connectivity index (χ2n) is 2.91. The highest BCUT2D eigenvalue weighted by Crippen LogP contribution is 2.28. The molecule has 2 rings (SSSR count). The van der Waals surface area contributed by atoms with Crippen molar-refractivity contribution in [2.45, 2.75) is 18.9 Å². The molecule has 0 amide bonds. The van der Waals surface area contributed by atoms with E-state index in [-0.39, 0.29) is 5.03 Å². The van der Waals surface area contributed by atoms with Gasteiger partial charge in [0.2, 0.25) is 5.03 Å². The summed E-state index contributed by atoms with van der Waals surface area (Å²) in [6.07, 6.45) is 1.48. The van der Waals surface area contributed by atoms with Crippen LogP contribution >= 0.6 is 22.0 Å². The second kappa shape index (κ2) is 2.95. The molecule has 4 nitrogen and oxygen atoms in total. The van der Waals surface area contributed by atoms with Gasteiger partial charge in [0.25, 0.3) is 9.05 Å². The Morgan fingerprint density at radius 1 is 1.50 bits per heavy atom. The number of hydrogen-bond acceptors (Lipinski definition) is 4. The van der Waals surface area contributed by atoms with E-state index in [1.54, 1.807) is 4.40 Å². The van der Waals surface area contributed by atoms with E-state index in [9.17, 15) is 8.42 Å². The first-order valence-electron chi connectivity index (χ1n) is 3.79. The van der Waals surface area contributed by atoms with Gasteiger partial charge in [-0.2, -0.15) is 0 Å². The first-order chi connectivity index (χ1) is 6.41. The van der Waals surface area contributed by atoms with Crippen LogP contribution in [0.1, 0.15) is 10.6 Å². The Morgan fingerprint density at radius 2 is 2.14 bits per heavy atom.